The van der Waals surface area contributed by atoms with Gasteiger partial charge in [0.1, 0.15) is 12.7 Å². The highest BCUT2D eigenvalue weighted by Gasteiger charge is 2.20. The molecule has 48 heavy (non-hydrogen) atoms. The van der Waals surface area contributed by atoms with Gasteiger partial charge < -0.3 is 0 Å². The molecule has 0 unspecified atom stereocenters. The average molecular weight is 620 g/mol. The fraction of sp³-hybridized carbons (Fsp3) is 0. The molecule has 0 aliphatic rings. The molecule has 0 spiro atoms. The van der Waals surface area contributed by atoms with Gasteiger partial charge in [-0.05, 0) is 0 Å². The molecule has 0 amide bonds. The first-order valence-corrected chi connectivity index (χ1v) is 15.3. The van der Waals surface area contributed by atoms with Crippen LogP contribution in [0.3, 0.4) is 0 Å². The Labute approximate surface area is 276 Å². The lowest BCUT2D eigenvalue weighted by Gasteiger charge is -2.13. The third kappa shape index (κ3) is 5.79. The molecule has 0 N–H and O–H groups in total. The summed E-state index contributed by atoms with van der Waals surface area (Å²) in [7, 11) is 0. The number of hydrogen-bond donors (Lipinski definition) is 0. The van der Waals surface area contributed by atoms with Crippen molar-refractivity contribution in [1.82, 2.24) is 44.9 Å². The van der Waals surface area contributed by atoms with Gasteiger partial charge in [-0.1, -0.05) is 140 Å². The summed E-state index contributed by atoms with van der Waals surface area (Å²) in [6.07, 6.45) is 3.06. The predicted molar refractivity (Wildman–Crippen MR) is 185 cm³/mol. The van der Waals surface area contributed by atoms with Crippen LogP contribution in [0.1, 0.15) is 0 Å². The van der Waals surface area contributed by atoms with Gasteiger partial charge >= 0.3 is 0 Å². The highest BCUT2D eigenvalue weighted by Crippen LogP contribution is 2.34. The van der Waals surface area contributed by atoms with Crippen LogP contribution in [0.2, 0.25) is 0 Å². The second kappa shape index (κ2) is 12.9. The third-order valence-electron chi connectivity index (χ3n) is 7.69. The van der Waals surface area contributed by atoms with Crippen LogP contribution in [0.5, 0.6) is 0 Å². The predicted octanol–water partition coefficient (Wildman–Crippen LogP) is 7.91. The lowest BCUT2D eigenvalue weighted by atomic mass is 10.0. The third-order valence-corrected chi connectivity index (χ3v) is 7.69. The second-order valence-electron chi connectivity index (χ2n) is 10.8. The smallest absolute Gasteiger partial charge is 0.164 e. The molecule has 0 saturated heterocycles. The van der Waals surface area contributed by atoms with Gasteiger partial charge in [-0.3, -0.25) is 0 Å². The molecular formula is C39H25N9. The molecular weight excluding hydrogens is 594 g/mol. The SMILES string of the molecule is c1ccc(-c2ncnc(-c3ccccc3-c3nc(-c4ccccc4)nc(-c4ccccc4-c4ncnc(-c5ccccc5)n4)n3)n2)cc1. The van der Waals surface area contributed by atoms with Gasteiger partial charge in [0.25, 0.3) is 0 Å². The van der Waals surface area contributed by atoms with E-state index in [0.717, 1.165) is 38.9 Å². The van der Waals surface area contributed by atoms with Crippen molar-refractivity contribution in [2.24, 2.45) is 0 Å². The monoisotopic (exact) mass is 619 g/mol. The Morgan fingerprint density at radius 2 is 0.500 bits per heavy atom. The molecule has 0 fully saturated rings. The summed E-state index contributed by atoms with van der Waals surface area (Å²) in [4.78, 5) is 42.7. The van der Waals surface area contributed by atoms with Crippen molar-refractivity contribution in [1.29, 1.82) is 0 Å². The van der Waals surface area contributed by atoms with Crippen LogP contribution in [-0.2, 0) is 0 Å². The summed E-state index contributed by atoms with van der Waals surface area (Å²) in [5.74, 6) is 3.68. The van der Waals surface area contributed by atoms with Crippen LogP contribution in [0.25, 0.3) is 79.7 Å². The van der Waals surface area contributed by atoms with E-state index in [1.165, 1.54) is 12.7 Å². The minimum atomic E-state index is 0.478. The van der Waals surface area contributed by atoms with Crippen molar-refractivity contribution >= 4 is 0 Å². The van der Waals surface area contributed by atoms with E-state index in [0.29, 0.717) is 40.8 Å². The van der Waals surface area contributed by atoms with E-state index in [4.69, 9.17) is 24.9 Å². The van der Waals surface area contributed by atoms with Crippen molar-refractivity contribution in [3.63, 3.8) is 0 Å². The first-order valence-electron chi connectivity index (χ1n) is 15.3. The molecule has 9 heteroatoms. The van der Waals surface area contributed by atoms with E-state index in [1.807, 2.05) is 140 Å². The van der Waals surface area contributed by atoms with Gasteiger partial charge in [0.05, 0.1) is 0 Å². The molecule has 8 aromatic rings. The molecule has 0 aliphatic heterocycles. The van der Waals surface area contributed by atoms with Gasteiger partial charge in [0.15, 0.2) is 40.8 Å². The molecule has 8 rings (SSSR count). The summed E-state index contributed by atoms with van der Waals surface area (Å²) in [5, 5.41) is 0. The standard InChI is InChI=1S/C39H25N9/c1-4-14-26(15-5-1)33-40-24-42-36(44-33)29-20-10-12-22-31(29)38-46-35(28-18-8-3-9-19-28)47-39(48-38)32-23-13-11-21-30(32)37-43-25-41-34(45-37)27-16-6-2-7-17-27/h1-25H. The normalized spacial score (nSPS) is 10.9. The van der Waals surface area contributed by atoms with Crippen LogP contribution < -0.4 is 0 Å². The molecule has 0 radical (unpaired) electrons. The molecule has 9 nitrogen and oxygen atoms in total. The number of benzene rings is 5. The molecule has 0 saturated carbocycles. The zero-order valence-electron chi connectivity index (χ0n) is 25.5. The molecule has 5 aromatic carbocycles. The minimum absolute atomic E-state index is 0.478. The van der Waals surface area contributed by atoms with Crippen LogP contribution in [0.4, 0.5) is 0 Å². The van der Waals surface area contributed by atoms with E-state index in [-0.39, 0.29) is 0 Å². The van der Waals surface area contributed by atoms with E-state index in [1.54, 1.807) is 0 Å². The summed E-state index contributed by atoms with van der Waals surface area (Å²) in [6, 6.07) is 45.2. The summed E-state index contributed by atoms with van der Waals surface area (Å²) in [6.45, 7) is 0. The molecule has 0 bridgehead atoms. The van der Waals surface area contributed by atoms with Gasteiger partial charge in [0.2, 0.25) is 0 Å². The van der Waals surface area contributed by atoms with Gasteiger partial charge in [0, 0.05) is 38.9 Å². The van der Waals surface area contributed by atoms with Gasteiger partial charge in [-0.25, -0.2) is 44.9 Å². The molecule has 0 atom stereocenters. The van der Waals surface area contributed by atoms with E-state index in [2.05, 4.69) is 19.9 Å². The Morgan fingerprint density at radius 1 is 0.229 bits per heavy atom. The number of hydrogen-bond acceptors (Lipinski definition) is 9. The van der Waals surface area contributed by atoms with E-state index >= 15 is 0 Å². The number of aromatic nitrogens is 9. The fourth-order valence-electron chi connectivity index (χ4n) is 5.38. The fourth-order valence-corrected chi connectivity index (χ4v) is 5.38. The highest BCUT2D eigenvalue weighted by molar-refractivity contribution is 5.82. The lowest BCUT2D eigenvalue weighted by molar-refractivity contribution is 1.05. The van der Waals surface area contributed by atoms with Crippen molar-refractivity contribution in [3.05, 3.63) is 152 Å². The Morgan fingerprint density at radius 3 is 0.896 bits per heavy atom. The zero-order valence-corrected chi connectivity index (χ0v) is 25.5. The van der Waals surface area contributed by atoms with Crippen molar-refractivity contribution in [2.75, 3.05) is 0 Å². The molecule has 0 aliphatic carbocycles. The Hall–Kier alpha value is -6.87. The van der Waals surface area contributed by atoms with Crippen LogP contribution in [0.15, 0.2) is 152 Å². The Kier molecular flexibility index (Phi) is 7.66. The number of nitrogens with zero attached hydrogens (tertiary/aromatic N) is 9. The topological polar surface area (TPSA) is 116 Å². The van der Waals surface area contributed by atoms with Crippen molar-refractivity contribution < 1.29 is 0 Å². The summed E-state index contributed by atoms with van der Waals surface area (Å²) >= 11 is 0. The van der Waals surface area contributed by atoms with Crippen LogP contribution >= 0.6 is 0 Å². The lowest BCUT2D eigenvalue weighted by Crippen LogP contribution is -2.03. The quantitative estimate of drug-likeness (QED) is 0.175. The van der Waals surface area contributed by atoms with Crippen LogP contribution in [-0.4, -0.2) is 44.9 Å². The first-order chi connectivity index (χ1) is 23.8. The van der Waals surface area contributed by atoms with E-state index < -0.39 is 0 Å². The number of rotatable bonds is 7. The van der Waals surface area contributed by atoms with Crippen LogP contribution in [0, 0.1) is 0 Å². The first kappa shape index (κ1) is 28.6. The summed E-state index contributed by atoms with van der Waals surface area (Å²) < 4.78 is 0. The maximum absolute atomic E-state index is 5.07. The van der Waals surface area contributed by atoms with Crippen molar-refractivity contribution in [2.45, 2.75) is 0 Å². The molecule has 226 valence electrons. The molecule has 3 heterocycles. The minimum Gasteiger partial charge on any atom is -0.217 e. The summed E-state index contributed by atoms with van der Waals surface area (Å²) in [5.41, 5.74) is 5.71. The maximum atomic E-state index is 5.07. The second-order valence-corrected chi connectivity index (χ2v) is 10.8. The Balaban J connectivity index is 1.29. The average Bonchev–Trinajstić information content (AvgIpc) is 3.19. The highest BCUT2D eigenvalue weighted by atomic mass is 15.0. The Bertz CT molecular complexity index is 2200. The largest absolute Gasteiger partial charge is 0.217 e. The van der Waals surface area contributed by atoms with E-state index in [9.17, 15) is 0 Å². The van der Waals surface area contributed by atoms with Crippen molar-refractivity contribution in [3.8, 4) is 79.7 Å². The maximum Gasteiger partial charge on any atom is 0.164 e. The van der Waals surface area contributed by atoms with Gasteiger partial charge in [-0.2, -0.15) is 0 Å². The zero-order chi connectivity index (χ0) is 32.1. The molecule has 3 aromatic heterocycles. The van der Waals surface area contributed by atoms with Gasteiger partial charge in [-0.15, -0.1) is 0 Å².